The molecule has 138 valence electrons. The summed E-state index contributed by atoms with van der Waals surface area (Å²) in [7, 11) is 0. The number of benzene rings is 1. The lowest BCUT2D eigenvalue weighted by molar-refractivity contribution is 0.0240. The molecule has 0 aliphatic carbocycles. The molecule has 0 bridgehead atoms. The second kappa shape index (κ2) is 7.21. The first-order valence-electron chi connectivity index (χ1n) is 9.41. The van der Waals surface area contributed by atoms with Crippen LogP contribution in [0.15, 0.2) is 30.5 Å². The molecule has 1 aromatic heterocycles. The first kappa shape index (κ1) is 17.2. The van der Waals surface area contributed by atoms with Crippen LogP contribution in [-0.4, -0.2) is 69.2 Å². The van der Waals surface area contributed by atoms with Crippen LogP contribution in [0.5, 0.6) is 5.75 Å². The number of nitrogens with zero attached hydrogens (tertiary/aromatic N) is 3. The van der Waals surface area contributed by atoms with E-state index in [1.54, 1.807) is 12.3 Å². The molecule has 6 nitrogen and oxygen atoms in total. The number of phenolic OH excluding ortho intramolecular Hbond substituents is 1. The minimum Gasteiger partial charge on any atom is -0.505 e. The average Bonchev–Trinajstić information content (AvgIpc) is 2.68. The average molecular weight is 355 g/mol. The predicted octanol–water partition coefficient (Wildman–Crippen LogP) is 2.00. The number of hydrogen-bond acceptors (Lipinski definition) is 5. The molecule has 4 rings (SSSR count). The summed E-state index contributed by atoms with van der Waals surface area (Å²) in [5.41, 5.74) is 0.790. The summed E-state index contributed by atoms with van der Waals surface area (Å²) < 4.78 is 0. The van der Waals surface area contributed by atoms with Crippen molar-refractivity contribution >= 4 is 16.8 Å². The molecule has 2 aliphatic rings. The van der Waals surface area contributed by atoms with Crippen LogP contribution in [0.1, 0.15) is 36.0 Å². The highest BCUT2D eigenvalue weighted by Crippen LogP contribution is 2.29. The Morgan fingerprint density at radius 1 is 1.12 bits per heavy atom. The van der Waals surface area contributed by atoms with Gasteiger partial charge in [-0.15, -0.1) is 0 Å². The number of aromatic hydroxyl groups is 1. The SMILES string of the molecule is O=C(c1ccc2cccnc2c1O)N1CCC(N2CCC[C@H](O)C2)CC1. The Labute approximate surface area is 153 Å². The Kier molecular flexibility index (Phi) is 4.78. The van der Waals surface area contributed by atoms with Gasteiger partial charge in [-0.2, -0.15) is 0 Å². The van der Waals surface area contributed by atoms with Crippen LogP contribution >= 0.6 is 0 Å². The second-order valence-corrected chi connectivity index (χ2v) is 7.35. The minimum atomic E-state index is -0.217. The van der Waals surface area contributed by atoms with Crippen molar-refractivity contribution in [3.63, 3.8) is 0 Å². The summed E-state index contributed by atoms with van der Waals surface area (Å²) in [5, 5.41) is 21.2. The van der Waals surface area contributed by atoms with Gasteiger partial charge in [0, 0.05) is 37.3 Å². The van der Waals surface area contributed by atoms with Crippen molar-refractivity contribution < 1.29 is 15.0 Å². The molecular weight excluding hydrogens is 330 g/mol. The monoisotopic (exact) mass is 355 g/mol. The van der Waals surface area contributed by atoms with Crippen molar-refractivity contribution in [3.05, 3.63) is 36.0 Å². The van der Waals surface area contributed by atoms with Gasteiger partial charge in [0.2, 0.25) is 0 Å². The Hall–Kier alpha value is -2.18. The lowest BCUT2D eigenvalue weighted by Crippen LogP contribution is -2.50. The molecule has 0 unspecified atom stereocenters. The molecular formula is C20H25N3O3. The lowest BCUT2D eigenvalue weighted by atomic mass is 9.98. The zero-order valence-electron chi connectivity index (χ0n) is 14.8. The number of β-amino-alcohol motifs (C(OH)–C–C–N with tert-alkyl or cyclic N) is 1. The van der Waals surface area contributed by atoms with E-state index in [2.05, 4.69) is 9.88 Å². The molecule has 1 aromatic carbocycles. The molecule has 0 radical (unpaired) electrons. The van der Waals surface area contributed by atoms with Crippen molar-refractivity contribution in [1.29, 1.82) is 0 Å². The largest absolute Gasteiger partial charge is 0.505 e. The van der Waals surface area contributed by atoms with Gasteiger partial charge in [-0.05, 0) is 44.4 Å². The molecule has 2 fully saturated rings. The van der Waals surface area contributed by atoms with Crippen LogP contribution < -0.4 is 0 Å². The molecule has 6 heteroatoms. The number of hydrogen-bond donors (Lipinski definition) is 2. The summed E-state index contributed by atoms with van der Waals surface area (Å²) in [6.45, 7) is 3.13. The van der Waals surface area contributed by atoms with E-state index in [9.17, 15) is 15.0 Å². The van der Waals surface area contributed by atoms with Crippen LogP contribution in [0, 0.1) is 0 Å². The topological polar surface area (TPSA) is 76.9 Å². The molecule has 0 saturated carbocycles. The zero-order chi connectivity index (χ0) is 18.1. The molecule has 2 saturated heterocycles. The van der Waals surface area contributed by atoms with Crippen LogP contribution in [-0.2, 0) is 0 Å². The molecule has 26 heavy (non-hydrogen) atoms. The lowest BCUT2D eigenvalue weighted by Gasteiger charge is -2.41. The number of pyridine rings is 1. The van der Waals surface area contributed by atoms with Gasteiger partial charge in [-0.25, -0.2) is 0 Å². The van der Waals surface area contributed by atoms with E-state index in [-0.39, 0.29) is 17.8 Å². The molecule has 0 spiro atoms. The van der Waals surface area contributed by atoms with Crippen LogP contribution in [0.2, 0.25) is 0 Å². The smallest absolute Gasteiger partial charge is 0.257 e. The third kappa shape index (κ3) is 3.27. The third-order valence-electron chi connectivity index (χ3n) is 5.67. The summed E-state index contributed by atoms with van der Waals surface area (Å²) in [6, 6.07) is 7.63. The number of likely N-dealkylation sites (tertiary alicyclic amines) is 2. The number of fused-ring (bicyclic) bond motifs is 1. The normalized spacial score (nSPS) is 22.7. The number of amides is 1. The number of aliphatic hydroxyl groups excluding tert-OH is 1. The van der Waals surface area contributed by atoms with Crippen molar-refractivity contribution in [2.45, 2.75) is 37.8 Å². The second-order valence-electron chi connectivity index (χ2n) is 7.35. The zero-order valence-corrected chi connectivity index (χ0v) is 14.8. The standard InChI is InChI=1S/C20H25N3O3/c24-16-4-2-10-23(13-16)15-7-11-22(12-8-15)20(26)17-6-5-14-3-1-9-21-18(14)19(17)25/h1,3,5-6,9,15-16,24-25H,2,4,7-8,10-13H2/t16-/m0/s1. The Morgan fingerprint density at radius 2 is 1.92 bits per heavy atom. The van der Waals surface area contributed by atoms with Gasteiger partial charge in [0.05, 0.1) is 11.7 Å². The van der Waals surface area contributed by atoms with E-state index in [0.717, 1.165) is 44.2 Å². The minimum absolute atomic E-state index is 0.0330. The van der Waals surface area contributed by atoms with Gasteiger partial charge < -0.3 is 15.1 Å². The summed E-state index contributed by atoms with van der Waals surface area (Å²) >= 11 is 0. The van der Waals surface area contributed by atoms with Crippen molar-refractivity contribution in [1.82, 2.24) is 14.8 Å². The Bertz CT molecular complexity index is 802. The first-order chi connectivity index (χ1) is 12.6. The summed E-state index contributed by atoms with van der Waals surface area (Å²) in [4.78, 5) is 21.3. The van der Waals surface area contributed by atoms with E-state index < -0.39 is 0 Å². The number of rotatable bonds is 2. The summed E-state index contributed by atoms with van der Waals surface area (Å²) in [6.07, 6.45) is 5.15. The third-order valence-corrected chi connectivity index (χ3v) is 5.67. The number of aromatic nitrogens is 1. The maximum absolute atomic E-state index is 12.9. The first-order valence-corrected chi connectivity index (χ1v) is 9.41. The number of piperidine rings is 2. The van der Waals surface area contributed by atoms with Crippen LogP contribution in [0.3, 0.4) is 0 Å². The van der Waals surface area contributed by atoms with E-state index in [4.69, 9.17) is 0 Å². The molecule has 1 amide bonds. The van der Waals surface area contributed by atoms with Gasteiger partial charge in [0.15, 0.2) is 5.75 Å². The van der Waals surface area contributed by atoms with Gasteiger partial charge in [0.1, 0.15) is 5.52 Å². The molecule has 1 atom stereocenters. The van der Waals surface area contributed by atoms with Crippen molar-refractivity contribution in [3.8, 4) is 5.75 Å². The van der Waals surface area contributed by atoms with E-state index >= 15 is 0 Å². The molecule has 2 aliphatic heterocycles. The predicted molar refractivity (Wildman–Crippen MR) is 99.1 cm³/mol. The Balaban J connectivity index is 1.44. The highest BCUT2D eigenvalue weighted by Gasteiger charge is 2.30. The van der Waals surface area contributed by atoms with Gasteiger partial charge in [-0.1, -0.05) is 12.1 Å². The molecule has 2 aromatic rings. The van der Waals surface area contributed by atoms with E-state index in [1.165, 1.54) is 0 Å². The quantitative estimate of drug-likeness (QED) is 0.862. The summed E-state index contributed by atoms with van der Waals surface area (Å²) in [5.74, 6) is -0.165. The maximum Gasteiger partial charge on any atom is 0.257 e. The molecule has 2 N–H and O–H groups in total. The maximum atomic E-state index is 12.9. The van der Waals surface area contributed by atoms with Crippen LogP contribution in [0.4, 0.5) is 0 Å². The van der Waals surface area contributed by atoms with Gasteiger partial charge in [-0.3, -0.25) is 14.7 Å². The van der Waals surface area contributed by atoms with Crippen molar-refractivity contribution in [2.24, 2.45) is 0 Å². The number of aliphatic hydroxyl groups is 1. The highest BCUT2D eigenvalue weighted by molar-refractivity contribution is 6.02. The number of carbonyl (C=O) groups is 1. The number of carbonyl (C=O) groups excluding carboxylic acids is 1. The fraction of sp³-hybridized carbons (Fsp3) is 0.500. The van der Waals surface area contributed by atoms with Crippen LogP contribution in [0.25, 0.3) is 10.9 Å². The van der Waals surface area contributed by atoms with E-state index in [1.807, 2.05) is 23.1 Å². The molecule has 3 heterocycles. The van der Waals surface area contributed by atoms with Crippen molar-refractivity contribution in [2.75, 3.05) is 26.2 Å². The fourth-order valence-corrected chi connectivity index (χ4v) is 4.22. The van der Waals surface area contributed by atoms with E-state index in [0.29, 0.717) is 30.2 Å². The highest BCUT2D eigenvalue weighted by atomic mass is 16.3. The fourth-order valence-electron chi connectivity index (χ4n) is 4.22. The van der Waals surface area contributed by atoms with Gasteiger partial charge in [0.25, 0.3) is 5.91 Å². The number of phenols is 1. The Morgan fingerprint density at radius 3 is 2.69 bits per heavy atom. The van der Waals surface area contributed by atoms with Gasteiger partial charge >= 0.3 is 0 Å².